The van der Waals surface area contributed by atoms with Gasteiger partial charge in [0.15, 0.2) is 5.69 Å². The number of benzene rings is 1. The van der Waals surface area contributed by atoms with Crippen molar-refractivity contribution in [2.45, 2.75) is 6.92 Å². The van der Waals surface area contributed by atoms with Crippen LogP contribution in [0.1, 0.15) is 15.4 Å². The molecule has 0 unspecified atom stereocenters. The van der Waals surface area contributed by atoms with E-state index in [0.29, 0.717) is 16.5 Å². The van der Waals surface area contributed by atoms with Crippen LogP contribution in [-0.4, -0.2) is 25.2 Å². The Bertz CT molecular complexity index is 624. The summed E-state index contributed by atoms with van der Waals surface area (Å²) in [6.45, 7) is 1.83. The number of carbonyl (C=O) groups excluding carboxylic acids is 1. The molecule has 0 fully saturated rings. The molecule has 6 heteroatoms. The van der Waals surface area contributed by atoms with Crippen molar-refractivity contribution in [2.75, 3.05) is 14.2 Å². The predicted molar refractivity (Wildman–Crippen MR) is 75.2 cm³/mol. The van der Waals surface area contributed by atoms with Crippen LogP contribution < -0.4 is 4.74 Å². The molecule has 4 nitrogen and oxygen atoms in total. The normalized spacial score (nSPS) is 10.3. The Morgan fingerprint density at radius 2 is 2.11 bits per heavy atom. The number of esters is 1. The third-order valence-corrected chi connectivity index (χ3v) is 3.89. The molecule has 0 N–H and O–H groups in total. The lowest BCUT2D eigenvalue weighted by atomic mass is 10.2. The minimum absolute atomic E-state index is 0.342. The van der Waals surface area contributed by atoms with E-state index >= 15 is 0 Å². The zero-order chi connectivity index (χ0) is 14.0. The second kappa shape index (κ2) is 5.59. The summed E-state index contributed by atoms with van der Waals surface area (Å²) in [4.78, 5) is 16.6. The third kappa shape index (κ3) is 2.72. The fourth-order valence-electron chi connectivity index (χ4n) is 1.61. The zero-order valence-corrected chi connectivity index (χ0v) is 12.3. The molecule has 0 saturated carbocycles. The molecule has 0 radical (unpaired) electrons. The van der Waals surface area contributed by atoms with Gasteiger partial charge in [-0.25, -0.2) is 9.78 Å². The van der Waals surface area contributed by atoms with E-state index in [-0.39, 0.29) is 0 Å². The molecule has 0 atom stereocenters. The molecular weight excluding hydrogens is 286 g/mol. The van der Waals surface area contributed by atoms with Gasteiger partial charge in [0.05, 0.1) is 19.2 Å². The van der Waals surface area contributed by atoms with Crippen molar-refractivity contribution < 1.29 is 14.3 Å². The molecule has 19 heavy (non-hydrogen) atoms. The van der Waals surface area contributed by atoms with Crippen molar-refractivity contribution >= 4 is 28.9 Å². The Labute approximate surface area is 120 Å². The number of aryl methyl sites for hydroxylation is 1. The van der Waals surface area contributed by atoms with E-state index in [0.717, 1.165) is 15.4 Å². The third-order valence-electron chi connectivity index (χ3n) is 2.57. The Morgan fingerprint density at radius 1 is 1.37 bits per heavy atom. The van der Waals surface area contributed by atoms with Crippen LogP contribution in [0.2, 0.25) is 5.02 Å². The van der Waals surface area contributed by atoms with Gasteiger partial charge >= 0.3 is 5.97 Å². The number of aromatic nitrogens is 1. The number of methoxy groups -OCH3 is 2. The topological polar surface area (TPSA) is 48.4 Å². The van der Waals surface area contributed by atoms with Crippen molar-refractivity contribution in [2.24, 2.45) is 0 Å². The molecule has 0 aliphatic carbocycles. The number of hydrogen-bond acceptors (Lipinski definition) is 5. The Morgan fingerprint density at radius 3 is 2.68 bits per heavy atom. The van der Waals surface area contributed by atoms with Crippen molar-refractivity contribution in [1.29, 1.82) is 0 Å². The minimum atomic E-state index is -0.431. The largest absolute Gasteiger partial charge is 0.495 e. The summed E-state index contributed by atoms with van der Waals surface area (Å²) in [5.41, 5.74) is 1.18. The van der Waals surface area contributed by atoms with E-state index in [1.165, 1.54) is 18.4 Å². The van der Waals surface area contributed by atoms with E-state index in [2.05, 4.69) is 9.72 Å². The highest BCUT2D eigenvalue weighted by molar-refractivity contribution is 7.15. The summed E-state index contributed by atoms with van der Waals surface area (Å²) < 4.78 is 9.78. The number of rotatable bonds is 3. The highest BCUT2D eigenvalue weighted by Crippen LogP contribution is 2.33. The van der Waals surface area contributed by atoms with Gasteiger partial charge in [0, 0.05) is 10.4 Å². The molecule has 1 heterocycles. The summed E-state index contributed by atoms with van der Waals surface area (Å²) in [6.07, 6.45) is 0. The molecule has 1 aromatic heterocycles. The number of ether oxygens (including phenoxy) is 2. The van der Waals surface area contributed by atoms with Gasteiger partial charge in [0.2, 0.25) is 0 Å². The van der Waals surface area contributed by atoms with Gasteiger partial charge < -0.3 is 9.47 Å². The number of nitrogens with zero attached hydrogens (tertiary/aromatic N) is 1. The van der Waals surface area contributed by atoms with Gasteiger partial charge in [-0.05, 0) is 25.1 Å². The first-order valence-corrected chi connectivity index (χ1v) is 6.66. The van der Waals surface area contributed by atoms with E-state index in [1.807, 2.05) is 13.0 Å². The quantitative estimate of drug-likeness (QED) is 0.813. The monoisotopic (exact) mass is 297 g/mol. The number of hydrogen-bond donors (Lipinski definition) is 0. The number of thiazole rings is 1. The smallest absolute Gasteiger partial charge is 0.357 e. The van der Waals surface area contributed by atoms with E-state index in [4.69, 9.17) is 16.3 Å². The molecule has 1 aromatic carbocycles. The van der Waals surface area contributed by atoms with Gasteiger partial charge in [-0.15, -0.1) is 11.3 Å². The molecule has 0 bridgehead atoms. The van der Waals surface area contributed by atoms with Crippen molar-refractivity contribution in [3.05, 3.63) is 33.8 Å². The second-order valence-electron chi connectivity index (χ2n) is 3.76. The average molecular weight is 298 g/mol. The van der Waals surface area contributed by atoms with Crippen molar-refractivity contribution in [1.82, 2.24) is 4.98 Å². The van der Waals surface area contributed by atoms with Gasteiger partial charge in [0.25, 0.3) is 0 Å². The van der Waals surface area contributed by atoms with Gasteiger partial charge in [-0.1, -0.05) is 11.6 Å². The fraction of sp³-hybridized carbons (Fsp3) is 0.231. The SMILES string of the molecule is COC(=O)c1nc(-c2ccc(OC)c(Cl)c2)sc1C. The first kappa shape index (κ1) is 13.8. The van der Waals surface area contributed by atoms with Crippen LogP contribution in [0.15, 0.2) is 18.2 Å². The average Bonchev–Trinajstić information content (AvgIpc) is 2.80. The maximum absolute atomic E-state index is 11.5. The van der Waals surface area contributed by atoms with Crippen LogP contribution in [-0.2, 0) is 4.74 Å². The molecule has 0 amide bonds. The summed E-state index contributed by atoms with van der Waals surface area (Å²) in [5, 5.41) is 1.23. The highest BCUT2D eigenvalue weighted by atomic mass is 35.5. The molecule has 0 aliphatic rings. The van der Waals surface area contributed by atoms with E-state index < -0.39 is 5.97 Å². The lowest BCUT2D eigenvalue weighted by Crippen LogP contribution is -2.03. The van der Waals surface area contributed by atoms with E-state index in [1.54, 1.807) is 19.2 Å². The van der Waals surface area contributed by atoms with Crippen LogP contribution >= 0.6 is 22.9 Å². The zero-order valence-electron chi connectivity index (χ0n) is 10.7. The molecule has 0 aliphatic heterocycles. The molecule has 0 spiro atoms. The van der Waals surface area contributed by atoms with Crippen LogP contribution in [0, 0.1) is 6.92 Å². The first-order chi connectivity index (χ1) is 9.06. The van der Waals surface area contributed by atoms with Crippen molar-refractivity contribution in [3.63, 3.8) is 0 Å². The lowest BCUT2D eigenvalue weighted by Gasteiger charge is -2.03. The maximum atomic E-state index is 11.5. The minimum Gasteiger partial charge on any atom is -0.495 e. The second-order valence-corrected chi connectivity index (χ2v) is 5.38. The molecule has 2 aromatic rings. The lowest BCUT2D eigenvalue weighted by molar-refractivity contribution is 0.0594. The summed E-state index contributed by atoms with van der Waals surface area (Å²) in [5.74, 6) is 0.173. The molecule has 2 rings (SSSR count). The highest BCUT2D eigenvalue weighted by Gasteiger charge is 2.17. The summed E-state index contributed by atoms with van der Waals surface area (Å²) >= 11 is 7.50. The van der Waals surface area contributed by atoms with Crippen LogP contribution in [0.25, 0.3) is 10.6 Å². The first-order valence-electron chi connectivity index (χ1n) is 5.46. The standard InChI is InChI=1S/C13H12ClNO3S/c1-7-11(13(16)18-3)15-12(19-7)8-4-5-10(17-2)9(14)6-8/h4-6H,1-3H3. The Balaban J connectivity index is 2.42. The van der Waals surface area contributed by atoms with Gasteiger partial charge in [-0.3, -0.25) is 0 Å². The predicted octanol–water partition coefficient (Wildman–Crippen LogP) is 3.57. The van der Waals surface area contributed by atoms with Crippen LogP contribution in [0.5, 0.6) is 5.75 Å². The molecule has 0 saturated heterocycles. The number of carbonyl (C=O) groups is 1. The Kier molecular flexibility index (Phi) is 4.07. The Hall–Kier alpha value is -1.59. The van der Waals surface area contributed by atoms with Gasteiger partial charge in [0.1, 0.15) is 10.8 Å². The maximum Gasteiger partial charge on any atom is 0.357 e. The summed E-state index contributed by atoms with van der Waals surface area (Å²) in [6, 6.07) is 5.38. The fourth-order valence-corrected chi connectivity index (χ4v) is 2.76. The number of halogens is 1. The molecule has 100 valence electrons. The van der Waals surface area contributed by atoms with E-state index in [9.17, 15) is 4.79 Å². The molecular formula is C13H12ClNO3S. The summed E-state index contributed by atoms with van der Waals surface area (Å²) in [7, 11) is 2.90. The van der Waals surface area contributed by atoms with Crippen molar-refractivity contribution in [3.8, 4) is 16.3 Å². The van der Waals surface area contributed by atoms with Crippen LogP contribution in [0.4, 0.5) is 0 Å². The van der Waals surface area contributed by atoms with Gasteiger partial charge in [-0.2, -0.15) is 0 Å². The van der Waals surface area contributed by atoms with Crippen LogP contribution in [0.3, 0.4) is 0 Å².